The molecule has 1 aliphatic rings. The predicted octanol–water partition coefficient (Wildman–Crippen LogP) is 7.15. The quantitative estimate of drug-likeness (QED) is 0.378. The van der Waals surface area contributed by atoms with Crippen LogP contribution in [0.15, 0.2) is 113 Å². The second kappa shape index (κ2) is 9.57. The lowest BCUT2D eigenvalue weighted by Crippen LogP contribution is -2.45. The monoisotopic (exact) mass is 444 g/mol. The van der Waals surface area contributed by atoms with Crippen molar-refractivity contribution in [3.8, 4) is 17.9 Å². The molecule has 1 atom stereocenters. The summed E-state index contributed by atoms with van der Waals surface area (Å²) in [5.74, 6) is 0.958. The van der Waals surface area contributed by atoms with E-state index in [0.29, 0.717) is 17.9 Å². The van der Waals surface area contributed by atoms with Crippen LogP contribution in [0.4, 0.5) is 5.69 Å². The molecule has 0 amide bonds. The SMILES string of the molecule is CC(C)(c1ccccc1)C1(N=Nc2ccccc2)C=CC(Oc2cccc(C#N)c2C#N)=CC1. The number of azo groups is 1. The van der Waals surface area contributed by atoms with Gasteiger partial charge in [-0.3, -0.25) is 0 Å². The van der Waals surface area contributed by atoms with Crippen LogP contribution in [0, 0.1) is 22.7 Å². The zero-order valence-electron chi connectivity index (χ0n) is 19.1. The number of nitrogens with zero attached hydrogens (tertiary/aromatic N) is 4. The van der Waals surface area contributed by atoms with E-state index in [4.69, 9.17) is 9.85 Å². The lowest BCUT2D eigenvalue weighted by molar-refractivity contribution is 0.301. The van der Waals surface area contributed by atoms with E-state index < -0.39 is 5.54 Å². The summed E-state index contributed by atoms with van der Waals surface area (Å²) in [6, 6.07) is 29.1. The fourth-order valence-corrected chi connectivity index (χ4v) is 4.05. The minimum Gasteiger partial charge on any atom is -0.456 e. The molecule has 0 bridgehead atoms. The average molecular weight is 445 g/mol. The van der Waals surface area contributed by atoms with Crippen LogP contribution in [-0.2, 0) is 5.41 Å². The van der Waals surface area contributed by atoms with Crippen molar-refractivity contribution in [2.45, 2.75) is 31.2 Å². The van der Waals surface area contributed by atoms with Crippen molar-refractivity contribution in [2.24, 2.45) is 10.2 Å². The van der Waals surface area contributed by atoms with E-state index in [1.807, 2.05) is 72.8 Å². The maximum Gasteiger partial charge on any atom is 0.146 e. The normalized spacial score (nSPS) is 17.6. The van der Waals surface area contributed by atoms with Gasteiger partial charge in [-0.2, -0.15) is 20.8 Å². The maximum absolute atomic E-state index is 9.51. The Morgan fingerprint density at radius 3 is 2.21 bits per heavy atom. The lowest BCUT2D eigenvalue weighted by atomic mass is 9.65. The number of hydrogen-bond acceptors (Lipinski definition) is 5. The smallest absolute Gasteiger partial charge is 0.146 e. The Balaban J connectivity index is 1.69. The molecule has 0 saturated carbocycles. The molecule has 0 saturated heterocycles. The third kappa shape index (κ3) is 4.37. The number of allylic oxidation sites excluding steroid dienone is 1. The second-order valence-electron chi connectivity index (χ2n) is 8.60. The Morgan fingerprint density at radius 1 is 0.882 bits per heavy atom. The first-order valence-electron chi connectivity index (χ1n) is 11.0. The fourth-order valence-electron chi connectivity index (χ4n) is 4.05. The van der Waals surface area contributed by atoms with Crippen molar-refractivity contribution in [1.82, 2.24) is 0 Å². The molecule has 3 aromatic carbocycles. The Hall–Kier alpha value is -4.48. The van der Waals surface area contributed by atoms with Crippen molar-refractivity contribution in [3.63, 3.8) is 0 Å². The van der Waals surface area contributed by atoms with Crippen LogP contribution in [-0.4, -0.2) is 5.54 Å². The highest BCUT2D eigenvalue weighted by Crippen LogP contribution is 2.44. The first kappa shape index (κ1) is 22.7. The fraction of sp³-hybridized carbons (Fsp3) is 0.172. The number of ether oxygens (including phenoxy) is 1. The largest absolute Gasteiger partial charge is 0.456 e. The maximum atomic E-state index is 9.51. The molecule has 0 spiro atoms. The Bertz CT molecular complexity index is 1340. The summed E-state index contributed by atoms with van der Waals surface area (Å²) < 4.78 is 6.02. The molecule has 5 heteroatoms. The van der Waals surface area contributed by atoms with Crippen molar-refractivity contribution in [2.75, 3.05) is 0 Å². The van der Waals surface area contributed by atoms with Gasteiger partial charge in [0.15, 0.2) is 0 Å². The highest BCUT2D eigenvalue weighted by Gasteiger charge is 2.45. The van der Waals surface area contributed by atoms with Crippen LogP contribution in [0.5, 0.6) is 5.75 Å². The van der Waals surface area contributed by atoms with E-state index >= 15 is 0 Å². The van der Waals surface area contributed by atoms with Gasteiger partial charge < -0.3 is 4.74 Å². The van der Waals surface area contributed by atoms with Crippen LogP contribution in [0.2, 0.25) is 0 Å². The topological polar surface area (TPSA) is 81.5 Å². The highest BCUT2D eigenvalue weighted by atomic mass is 16.5. The molecule has 1 unspecified atom stereocenters. The molecule has 0 aromatic heterocycles. The number of nitriles is 2. The van der Waals surface area contributed by atoms with Gasteiger partial charge in [-0.25, -0.2) is 0 Å². The molecule has 4 rings (SSSR count). The minimum atomic E-state index is -0.649. The number of benzene rings is 3. The molecule has 1 aliphatic carbocycles. The molecular formula is C29H24N4O. The van der Waals surface area contributed by atoms with E-state index in [1.165, 1.54) is 0 Å². The van der Waals surface area contributed by atoms with E-state index in [9.17, 15) is 10.5 Å². The van der Waals surface area contributed by atoms with Gasteiger partial charge >= 0.3 is 0 Å². The zero-order valence-corrected chi connectivity index (χ0v) is 19.1. The summed E-state index contributed by atoms with van der Waals surface area (Å²) in [6.45, 7) is 4.33. The van der Waals surface area contributed by atoms with Crippen LogP contribution >= 0.6 is 0 Å². The molecule has 166 valence electrons. The molecule has 34 heavy (non-hydrogen) atoms. The van der Waals surface area contributed by atoms with Crippen LogP contribution in [0.1, 0.15) is 37.0 Å². The van der Waals surface area contributed by atoms with Gasteiger partial charge in [-0.1, -0.05) is 74.5 Å². The Kier molecular flexibility index (Phi) is 6.39. The molecule has 3 aromatic rings. The zero-order chi connectivity index (χ0) is 24.0. The van der Waals surface area contributed by atoms with Crippen molar-refractivity contribution in [1.29, 1.82) is 10.5 Å². The van der Waals surface area contributed by atoms with E-state index in [-0.39, 0.29) is 16.5 Å². The molecule has 5 nitrogen and oxygen atoms in total. The van der Waals surface area contributed by atoms with Crippen LogP contribution < -0.4 is 4.74 Å². The van der Waals surface area contributed by atoms with Gasteiger partial charge in [-0.05, 0) is 42.0 Å². The second-order valence-corrected chi connectivity index (χ2v) is 8.60. The van der Waals surface area contributed by atoms with Crippen LogP contribution in [0.3, 0.4) is 0 Å². The molecular weight excluding hydrogens is 420 g/mol. The number of rotatable bonds is 6. The highest BCUT2D eigenvalue weighted by molar-refractivity contribution is 5.54. The first-order chi connectivity index (χ1) is 16.5. The summed E-state index contributed by atoms with van der Waals surface area (Å²) in [7, 11) is 0. The summed E-state index contributed by atoms with van der Waals surface area (Å²) >= 11 is 0. The third-order valence-corrected chi connectivity index (χ3v) is 6.30. The Labute approximate surface area is 200 Å². The van der Waals surface area contributed by atoms with Gasteiger partial charge in [0.25, 0.3) is 0 Å². The Morgan fingerprint density at radius 2 is 1.59 bits per heavy atom. The third-order valence-electron chi connectivity index (χ3n) is 6.30. The van der Waals surface area contributed by atoms with Gasteiger partial charge in [0.1, 0.15) is 34.7 Å². The van der Waals surface area contributed by atoms with E-state index in [2.05, 4.69) is 37.2 Å². The van der Waals surface area contributed by atoms with Gasteiger partial charge in [0.2, 0.25) is 0 Å². The summed E-state index contributed by atoms with van der Waals surface area (Å²) in [5, 5.41) is 28.3. The summed E-state index contributed by atoms with van der Waals surface area (Å²) in [5.41, 5.74) is 1.43. The average Bonchev–Trinajstić information content (AvgIpc) is 2.89. The lowest BCUT2D eigenvalue weighted by Gasteiger charge is -2.42. The minimum absolute atomic E-state index is 0.226. The van der Waals surface area contributed by atoms with Crippen LogP contribution in [0.25, 0.3) is 0 Å². The van der Waals surface area contributed by atoms with Crippen molar-refractivity contribution >= 4 is 5.69 Å². The van der Waals surface area contributed by atoms with Crippen molar-refractivity contribution in [3.05, 3.63) is 120 Å². The van der Waals surface area contributed by atoms with Gasteiger partial charge in [0, 0.05) is 11.8 Å². The molecule has 0 radical (unpaired) electrons. The standard InChI is InChI=1S/C29H24N4O/c1-28(2,23-11-5-3-6-12-23)29(33-32-24-13-7-4-8-14-24)18-16-25(17-19-29)34-27-15-9-10-22(20-30)26(27)21-31/h3-18H,19H2,1-2H3. The molecule has 0 N–H and O–H groups in total. The van der Waals surface area contributed by atoms with Crippen molar-refractivity contribution < 1.29 is 4.74 Å². The number of hydrogen-bond donors (Lipinski definition) is 0. The van der Waals surface area contributed by atoms with E-state index in [1.54, 1.807) is 18.2 Å². The van der Waals surface area contributed by atoms with Gasteiger partial charge in [0.05, 0.1) is 11.3 Å². The van der Waals surface area contributed by atoms with E-state index in [0.717, 1.165) is 11.3 Å². The molecule has 0 heterocycles. The predicted molar refractivity (Wildman–Crippen MR) is 131 cm³/mol. The summed E-state index contributed by atoms with van der Waals surface area (Å²) in [6.07, 6.45) is 6.42. The molecule has 0 fully saturated rings. The van der Waals surface area contributed by atoms with Gasteiger partial charge in [-0.15, -0.1) is 0 Å². The molecule has 0 aliphatic heterocycles. The first-order valence-corrected chi connectivity index (χ1v) is 11.0. The summed E-state index contributed by atoms with van der Waals surface area (Å²) in [4.78, 5) is 0.